The summed E-state index contributed by atoms with van der Waals surface area (Å²) in [7, 11) is 1.69. The molecule has 0 heterocycles. The standard InChI is InChI=1S/C13H19NO/c1-15-13-6-4-11(5-7-13)9-12(14)8-10-2-3-10/h4-7,10,12H,2-3,8-9,14H2,1H3. The highest BCUT2D eigenvalue weighted by Gasteiger charge is 2.23. The van der Waals surface area contributed by atoms with Crippen LogP contribution in [0.25, 0.3) is 0 Å². The third kappa shape index (κ3) is 3.24. The molecule has 1 aliphatic rings. The third-order valence-corrected chi connectivity index (χ3v) is 2.99. The van der Waals surface area contributed by atoms with Crippen molar-refractivity contribution in [3.05, 3.63) is 29.8 Å². The first-order valence-electron chi connectivity index (χ1n) is 5.66. The van der Waals surface area contributed by atoms with Crippen molar-refractivity contribution in [3.8, 4) is 5.75 Å². The summed E-state index contributed by atoms with van der Waals surface area (Å²) in [6.45, 7) is 0. The van der Waals surface area contributed by atoms with E-state index in [1.54, 1.807) is 7.11 Å². The highest BCUT2D eigenvalue weighted by molar-refractivity contribution is 5.27. The number of hydrogen-bond donors (Lipinski definition) is 1. The molecule has 1 fully saturated rings. The Balaban J connectivity index is 1.85. The molecule has 2 N–H and O–H groups in total. The van der Waals surface area contributed by atoms with Gasteiger partial charge in [0, 0.05) is 6.04 Å². The average molecular weight is 205 g/mol. The number of hydrogen-bond acceptors (Lipinski definition) is 2. The topological polar surface area (TPSA) is 35.2 Å². The fraction of sp³-hybridized carbons (Fsp3) is 0.538. The van der Waals surface area contributed by atoms with Crippen LogP contribution in [0, 0.1) is 5.92 Å². The Labute approximate surface area is 91.4 Å². The van der Waals surface area contributed by atoms with E-state index in [1.807, 2.05) is 12.1 Å². The van der Waals surface area contributed by atoms with Gasteiger partial charge in [-0.15, -0.1) is 0 Å². The van der Waals surface area contributed by atoms with E-state index in [4.69, 9.17) is 10.5 Å². The van der Waals surface area contributed by atoms with E-state index >= 15 is 0 Å². The second kappa shape index (κ2) is 4.67. The van der Waals surface area contributed by atoms with Crippen LogP contribution in [0.15, 0.2) is 24.3 Å². The summed E-state index contributed by atoms with van der Waals surface area (Å²) in [6.07, 6.45) is 4.94. The van der Waals surface area contributed by atoms with Crippen molar-refractivity contribution >= 4 is 0 Å². The maximum absolute atomic E-state index is 6.09. The molecule has 2 nitrogen and oxygen atoms in total. The van der Waals surface area contributed by atoms with Crippen LogP contribution in [0.4, 0.5) is 0 Å². The number of benzene rings is 1. The summed E-state index contributed by atoms with van der Waals surface area (Å²) in [5, 5.41) is 0. The van der Waals surface area contributed by atoms with Gasteiger partial charge >= 0.3 is 0 Å². The van der Waals surface area contributed by atoms with E-state index in [1.165, 1.54) is 24.8 Å². The molecule has 1 saturated carbocycles. The van der Waals surface area contributed by atoms with E-state index in [9.17, 15) is 0 Å². The van der Waals surface area contributed by atoms with Gasteiger partial charge in [-0.05, 0) is 36.5 Å². The summed E-state index contributed by atoms with van der Waals surface area (Å²) >= 11 is 0. The molecule has 2 heteroatoms. The van der Waals surface area contributed by atoms with Crippen molar-refractivity contribution in [2.24, 2.45) is 11.7 Å². The van der Waals surface area contributed by atoms with Gasteiger partial charge in [0.2, 0.25) is 0 Å². The summed E-state index contributed by atoms with van der Waals surface area (Å²) in [4.78, 5) is 0. The van der Waals surface area contributed by atoms with Gasteiger partial charge in [0.25, 0.3) is 0 Å². The van der Waals surface area contributed by atoms with Gasteiger partial charge in [-0.25, -0.2) is 0 Å². The molecule has 1 unspecified atom stereocenters. The van der Waals surface area contributed by atoms with Crippen LogP contribution in [0.2, 0.25) is 0 Å². The van der Waals surface area contributed by atoms with Crippen LogP contribution in [0.5, 0.6) is 5.75 Å². The Kier molecular flexibility index (Phi) is 3.27. The maximum atomic E-state index is 6.09. The molecule has 0 radical (unpaired) electrons. The van der Waals surface area contributed by atoms with Gasteiger partial charge in [-0.3, -0.25) is 0 Å². The normalized spacial score (nSPS) is 17.5. The lowest BCUT2D eigenvalue weighted by molar-refractivity contribution is 0.414. The largest absolute Gasteiger partial charge is 0.497 e. The average Bonchev–Trinajstić information content (AvgIpc) is 3.03. The van der Waals surface area contributed by atoms with Crippen LogP contribution in [-0.4, -0.2) is 13.2 Å². The zero-order chi connectivity index (χ0) is 10.7. The molecule has 0 bridgehead atoms. The lowest BCUT2D eigenvalue weighted by Crippen LogP contribution is -2.23. The summed E-state index contributed by atoms with van der Waals surface area (Å²) in [5.74, 6) is 1.83. The van der Waals surface area contributed by atoms with Gasteiger partial charge in [-0.2, -0.15) is 0 Å². The second-order valence-electron chi connectivity index (χ2n) is 4.49. The summed E-state index contributed by atoms with van der Waals surface area (Å²) in [6, 6.07) is 8.53. The lowest BCUT2D eigenvalue weighted by Gasteiger charge is -2.11. The molecular formula is C13H19NO. The summed E-state index contributed by atoms with van der Waals surface area (Å²) < 4.78 is 5.12. The van der Waals surface area contributed by atoms with Crippen molar-refractivity contribution in [1.82, 2.24) is 0 Å². The maximum Gasteiger partial charge on any atom is 0.118 e. The van der Waals surface area contributed by atoms with Crippen LogP contribution in [0.3, 0.4) is 0 Å². The van der Waals surface area contributed by atoms with Crippen LogP contribution < -0.4 is 10.5 Å². The van der Waals surface area contributed by atoms with E-state index in [2.05, 4.69) is 12.1 Å². The van der Waals surface area contributed by atoms with Crippen molar-refractivity contribution in [1.29, 1.82) is 0 Å². The van der Waals surface area contributed by atoms with Gasteiger partial charge < -0.3 is 10.5 Å². The first-order chi connectivity index (χ1) is 7.28. The Morgan fingerprint density at radius 2 is 2.00 bits per heavy atom. The smallest absolute Gasteiger partial charge is 0.118 e. The lowest BCUT2D eigenvalue weighted by atomic mass is 10.0. The van der Waals surface area contributed by atoms with Crippen LogP contribution >= 0.6 is 0 Å². The van der Waals surface area contributed by atoms with Crippen molar-refractivity contribution < 1.29 is 4.74 Å². The minimum absolute atomic E-state index is 0.325. The van der Waals surface area contributed by atoms with Crippen molar-refractivity contribution in [2.75, 3.05) is 7.11 Å². The molecular weight excluding hydrogens is 186 g/mol. The minimum atomic E-state index is 0.325. The Morgan fingerprint density at radius 1 is 1.33 bits per heavy atom. The van der Waals surface area contributed by atoms with Crippen molar-refractivity contribution in [2.45, 2.75) is 31.7 Å². The predicted molar refractivity (Wildman–Crippen MR) is 62.0 cm³/mol. The fourth-order valence-corrected chi connectivity index (χ4v) is 1.93. The first-order valence-corrected chi connectivity index (χ1v) is 5.66. The SMILES string of the molecule is COc1ccc(CC(N)CC2CC2)cc1. The van der Waals surface area contributed by atoms with Crippen LogP contribution in [0.1, 0.15) is 24.8 Å². The Bertz CT molecular complexity index is 303. The Hall–Kier alpha value is -1.02. The van der Waals surface area contributed by atoms with E-state index < -0.39 is 0 Å². The number of rotatable bonds is 5. The molecule has 0 saturated heterocycles. The van der Waals surface area contributed by atoms with E-state index in [0.29, 0.717) is 6.04 Å². The zero-order valence-corrected chi connectivity index (χ0v) is 9.28. The monoisotopic (exact) mass is 205 g/mol. The molecule has 15 heavy (non-hydrogen) atoms. The molecule has 1 aromatic carbocycles. The molecule has 82 valence electrons. The highest BCUT2D eigenvalue weighted by atomic mass is 16.5. The number of methoxy groups -OCH3 is 1. The van der Waals surface area contributed by atoms with E-state index in [-0.39, 0.29) is 0 Å². The molecule has 0 amide bonds. The first kappa shape index (κ1) is 10.5. The van der Waals surface area contributed by atoms with Crippen LogP contribution in [-0.2, 0) is 6.42 Å². The highest BCUT2D eigenvalue weighted by Crippen LogP contribution is 2.33. The Morgan fingerprint density at radius 3 is 2.53 bits per heavy atom. The van der Waals surface area contributed by atoms with E-state index in [0.717, 1.165) is 18.1 Å². The quantitative estimate of drug-likeness (QED) is 0.801. The minimum Gasteiger partial charge on any atom is -0.497 e. The van der Waals surface area contributed by atoms with Gasteiger partial charge in [-0.1, -0.05) is 25.0 Å². The second-order valence-corrected chi connectivity index (χ2v) is 4.49. The molecule has 1 atom stereocenters. The molecule has 0 aliphatic heterocycles. The van der Waals surface area contributed by atoms with Gasteiger partial charge in [0.1, 0.15) is 5.75 Å². The number of nitrogens with two attached hydrogens (primary N) is 1. The molecule has 1 aromatic rings. The summed E-state index contributed by atoms with van der Waals surface area (Å²) in [5.41, 5.74) is 7.40. The fourth-order valence-electron chi connectivity index (χ4n) is 1.93. The predicted octanol–water partition coefficient (Wildman–Crippen LogP) is 2.37. The van der Waals surface area contributed by atoms with Gasteiger partial charge in [0.05, 0.1) is 7.11 Å². The molecule has 0 spiro atoms. The molecule has 1 aliphatic carbocycles. The molecule has 2 rings (SSSR count). The van der Waals surface area contributed by atoms with Crippen molar-refractivity contribution in [3.63, 3.8) is 0 Å². The van der Waals surface area contributed by atoms with Gasteiger partial charge in [0.15, 0.2) is 0 Å². The molecule has 0 aromatic heterocycles. The number of ether oxygens (including phenoxy) is 1. The zero-order valence-electron chi connectivity index (χ0n) is 9.28. The third-order valence-electron chi connectivity index (χ3n) is 2.99.